The number of allylic oxidation sites excluding steroid dienone is 1. The molecule has 0 fully saturated rings. The van der Waals surface area contributed by atoms with Crippen molar-refractivity contribution in [2.75, 3.05) is 11.9 Å². The summed E-state index contributed by atoms with van der Waals surface area (Å²) in [7, 11) is 0. The zero-order valence-electron chi connectivity index (χ0n) is 21.7. The van der Waals surface area contributed by atoms with E-state index < -0.39 is 12.0 Å². The fourth-order valence-electron chi connectivity index (χ4n) is 4.31. The molecule has 1 aliphatic rings. The third kappa shape index (κ3) is 6.11. The number of anilines is 1. The van der Waals surface area contributed by atoms with E-state index in [1.165, 1.54) is 17.8 Å². The van der Waals surface area contributed by atoms with Crippen molar-refractivity contribution in [3.63, 3.8) is 0 Å². The normalized spacial score (nSPS) is 14.5. The summed E-state index contributed by atoms with van der Waals surface area (Å²) >= 11 is 13.6. The molecule has 0 spiro atoms. The van der Waals surface area contributed by atoms with E-state index in [-0.39, 0.29) is 19.0 Å². The summed E-state index contributed by atoms with van der Waals surface area (Å²) in [6.45, 7) is 4.01. The van der Waals surface area contributed by atoms with Crippen molar-refractivity contribution >= 4 is 46.9 Å². The molecule has 1 unspecified atom stereocenters. The van der Waals surface area contributed by atoms with Crippen LogP contribution in [0.25, 0.3) is 0 Å². The highest BCUT2D eigenvalue weighted by Crippen LogP contribution is 2.38. The standard InChI is InChI=1S/C29H25Cl2FN4O3S/c1-3-38-27(37)25-17(2)33-28-34-29(40-16-20-7-4-5-10-24(20)32)35-36(28)26(25)18-8-6-9-22(13-18)39-15-19-11-12-21(30)14-23(19)31/h4-14,26H,3,15-16H2,1-2H3,(H,33,34,35). The van der Waals surface area contributed by atoms with Gasteiger partial charge in [-0.25, -0.2) is 13.9 Å². The second-order valence-electron chi connectivity index (χ2n) is 8.93. The summed E-state index contributed by atoms with van der Waals surface area (Å²) in [6, 6.07) is 18.6. The van der Waals surface area contributed by atoms with E-state index in [1.54, 1.807) is 48.9 Å². The molecule has 0 aliphatic carbocycles. The smallest absolute Gasteiger partial charge is 0.338 e. The van der Waals surface area contributed by atoms with Gasteiger partial charge in [-0.2, -0.15) is 4.98 Å². The Hall–Kier alpha value is -3.53. The lowest BCUT2D eigenvalue weighted by Gasteiger charge is -2.28. The highest BCUT2D eigenvalue weighted by Gasteiger charge is 2.35. The number of nitrogens with one attached hydrogen (secondary N) is 1. The van der Waals surface area contributed by atoms with E-state index >= 15 is 0 Å². The summed E-state index contributed by atoms with van der Waals surface area (Å²) in [5, 5.41) is 9.37. The molecule has 11 heteroatoms. The summed E-state index contributed by atoms with van der Waals surface area (Å²) in [5.41, 5.74) is 3.10. The van der Waals surface area contributed by atoms with Crippen molar-refractivity contribution in [3.8, 4) is 5.75 Å². The van der Waals surface area contributed by atoms with E-state index in [9.17, 15) is 9.18 Å². The van der Waals surface area contributed by atoms with Gasteiger partial charge < -0.3 is 14.8 Å². The molecule has 0 bridgehead atoms. The van der Waals surface area contributed by atoms with Crippen molar-refractivity contribution in [3.05, 3.63) is 111 Å². The van der Waals surface area contributed by atoms with Crippen LogP contribution < -0.4 is 10.1 Å². The van der Waals surface area contributed by atoms with E-state index in [2.05, 4.69) is 10.3 Å². The molecular weight excluding hydrogens is 574 g/mol. The first-order chi connectivity index (χ1) is 19.3. The molecule has 0 amide bonds. The Kier molecular flexibility index (Phi) is 8.63. The molecule has 4 aromatic rings. The third-order valence-electron chi connectivity index (χ3n) is 6.23. The quantitative estimate of drug-likeness (QED) is 0.158. The Morgan fingerprint density at radius 3 is 2.70 bits per heavy atom. The summed E-state index contributed by atoms with van der Waals surface area (Å²) < 4.78 is 27.3. The Bertz CT molecular complexity index is 1590. The minimum atomic E-state index is -0.631. The fraction of sp³-hybridized carbons (Fsp3) is 0.207. The Morgan fingerprint density at radius 2 is 1.93 bits per heavy atom. The van der Waals surface area contributed by atoms with Crippen LogP contribution in [0.2, 0.25) is 10.0 Å². The number of thioether (sulfide) groups is 1. The lowest BCUT2D eigenvalue weighted by atomic mass is 9.95. The molecule has 7 nitrogen and oxygen atoms in total. The summed E-state index contributed by atoms with van der Waals surface area (Å²) in [5.74, 6) is 0.658. The van der Waals surface area contributed by atoms with E-state index in [4.69, 9.17) is 37.8 Å². The maximum absolute atomic E-state index is 14.2. The molecule has 2 heterocycles. The van der Waals surface area contributed by atoms with E-state index in [0.29, 0.717) is 49.5 Å². The number of fused-ring (bicyclic) bond motifs is 1. The summed E-state index contributed by atoms with van der Waals surface area (Å²) in [6.07, 6.45) is 0. The van der Waals surface area contributed by atoms with Crippen LogP contribution in [0.5, 0.6) is 5.75 Å². The van der Waals surface area contributed by atoms with Gasteiger partial charge in [-0.15, -0.1) is 5.10 Å². The van der Waals surface area contributed by atoms with Gasteiger partial charge in [0.25, 0.3) is 0 Å². The highest BCUT2D eigenvalue weighted by molar-refractivity contribution is 7.98. The van der Waals surface area contributed by atoms with Crippen molar-refractivity contribution in [2.45, 2.75) is 37.4 Å². The molecule has 1 atom stereocenters. The molecule has 206 valence electrons. The molecule has 1 aromatic heterocycles. The maximum Gasteiger partial charge on any atom is 0.338 e. The molecule has 40 heavy (non-hydrogen) atoms. The molecule has 1 N–H and O–H groups in total. The van der Waals surface area contributed by atoms with Gasteiger partial charge in [-0.1, -0.05) is 71.4 Å². The number of halogens is 3. The van der Waals surface area contributed by atoms with Crippen molar-refractivity contribution < 1.29 is 18.7 Å². The Morgan fingerprint density at radius 1 is 1.10 bits per heavy atom. The summed E-state index contributed by atoms with van der Waals surface area (Å²) in [4.78, 5) is 17.7. The van der Waals surface area contributed by atoms with Crippen molar-refractivity contribution in [1.82, 2.24) is 14.8 Å². The number of aromatic nitrogens is 3. The van der Waals surface area contributed by atoms with Crippen LogP contribution in [-0.4, -0.2) is 27.3 Å². The van der Waals surface area contributed by atoms with Gasteiger partial charge in [0.15, 0.2) is 0 Å². The monoisotopic (exact) mass is 598 g/mol. The number of benzene rings is 3. The first kappa shape index (κ1) is 28.0. The lowest BCUT2D eigenvalue weighted by molar-refractivity contribution is -0.139. The molecule has 5 rings (SSSR count). The predicted molar refractivity (Wildman–Crippen MR) is 154 cm³/mol. The number of nitrogens with zero attached hydrogens (tertiary/aromatic N) is 3. The Labute approximate surface area is 245 Å². The molecule has 0 saturated carbocycles. The van der Waals surface area contributed by atoms with Gasteiger partial charge >= 0.3 is 5.97 Å². The fourth-order valence-corrected chi connectivity index (χ4v) is 5.58. The number of carbonyl (C=O) groups excluding carboxylic acids is 1. The van der Waals surface area contributed by atoms with Gasteiger partial charge in [0.2, 0.25) is 11.1 Å². The van der Waals surface area contributed by atoms with Crippen LogP contribution in [0.1, 0.15) is 36.6 Å². The molecule has 3 aromatic carbocycles. The van der Waals surface area contributed by atoms with Gasteiger partial charge in [0.1, 0.15) is 24.2 Å². The third-order valence-corrected chi connectivity index (χ3v) is 7.70. The lowest BCUT2D eigenvalue weighted by Crippen LogP contribution is -2.29. The van der Waals surface area contributed by atoms with Gasteiger partial charge in [-0.3, -0.25) is 0 Å². The molecular formula is C29H25Cl2FN4O3S. The molecule has 0 radical (unpaired) electrons. The Balaban J connectivity index is 1.46. The van der Waals surface area contributed by atoms with Crippen LogP contribution in [-0.2, 0) is 21.9 Å². The minimum absolute atomic E-state index is 0.224. The van der Waals surface area contributed by atoms with Gasteiger partial charge in [0.05, 0.1) is 12.2 Å². The maximum atomic E-state index is 14.2. The number of hydrogen-bond acceptors (Lipinski definition) is 7. The largest absolute Gasteiger partial charge is 0.489 e. The first-order valence-electron chi connectivity index (χ1n) is 12.5. The van der Waals surface area contributed by atoms with Crippen molar-refractivity contribution in [2.24, 2.45) is 0 Å². The van der Waals surface area contributed by atoms with Crippen molar-refractivity contribution in [1.29, 1.82) is 0 Å². The molecule has 0 saturated heterocycles. The van der Waals surface area contributed by atoms with Crippen LogP contribution in [0.4, 0.5) is 10.3 Å². The zero-order valence-corrected chi connectivity index (χ0v) is 24.0. The number of ether oxygens (including phenoxy) is 2. The van der Waals surface area contributed by atoms with Gasteiger partial charge in [-0.05, 0) is 55.3 Å². The number of carbonyl (C=O) groups is 1. The topological polar surface area (TPSA) is 78.3 Å². The van der Waals surface area contributed by atoms with Crippen LogP contribution >= 0.6 is 35.0 Å². The second-order valence-corrected chi connectivity index (χ2v) is 10.7. The number of rotatable bonds is 9. The van der Waals surface area contributed by atoms with Crippen LogP contribution in [0.15, 0.2) is 83.2 Å². The van der Waals surface area contributed by atoms with Crippen LogP contribution in [0, 0.1) is 5.82 Å². The van der Waals surface area contributed by atoms with Crippen LogP contribution in [0.3, 0.4) is 0 Å². The molecule has 1 aliphatic heterocycles. The number of esters is 1. The zero-order chi connectivity index (χ0) is 28.2. The number of hydrogen-bond donors (Lipinski definition) is 1. The minimum Gasteiger partial charge on any atom is -0.489 e. The average molecular weight is 600 g/mol. The predicted octanol–water partition coefficient (Wildman–Crippen LogP) is 7.45. The second kappa shape index (κ2) is 12.3. The van der Waals surface area contributed by atoms with E-state index in [0.717, 1.165) is 11.1 Å². The van der Waals surface area contributed by atoms with Gasteiger partial charge in [0, 0.05) is 27.1 Å². The first-order valence-corrected chi connectivity index (χ1v) is 14.2. The van der Waals surface area contributed by atoms with E-state index in [1.807, 2.05) is 30.3 Å². The average Bonchev–Trinajstić information content (AvgIpc) is 3.34. The SMILES string of the molecule is CCOC(=O)C1=C(C)Nc2nc(SCc3ccccc3F)nn2C1c1cccc(OCc2ccc(Cl)cc2Cl)c1. The highest BCUT2D eigenvalue weighted by atomic mass is 35.5.